The molecule has 124 valence electrons. The first-order chi connectivity index (χ1) is 11.1. The normalized spacial score (nSPS) is 43.4. The van der Waals surface area contributed by atoms with Crippen LogP contribution in [0.5, 0.6) is 0 Å². The van der Waals surface area contributed by atoms with Crippen LogP contribution in [-0.2, 0) is 9.47 Å². The van der Waals surface area contributed by atoms with Crippen LogP contribution in [0.3, 0.4) is 0 Å². The molecule has 4 aliphatic carbocycles. The van der Waals surface area contributed by atoms with Crippen LogP contribution < -0.4 is 0 Å². The van der Waals surface area contributed by atoms with Crippen molar-refractivity contribution in [3.05, 3.63) is 35.3 Å². The quantitative estimate of drug-likeness (QED) is 0.728. The molecule has 1 fully saturated rings. The molecule has 0 saturated heterocycles. The van der Waals surface area contributed by atoms with Gasteiger partial charge in [-0.05, 0) is 61.5 Å². The zero-order valence-electron chi connectivity index (χ0n) is 13.9. The smallest absolute Gasteiger partial charge is 0.253 e. The molecule has 1 N–H and O–H groups in total. The molecule has 0 bridgehead atoms. The molecule has 1 spiro atoms. The van der Waals surface area contributed by atoms with Gasteiger partial charge >= 0.3 is 0 Å². The second-order valence-electron chi connectivity index (χ2n) is 8.39. The van der Waals surface area contributed by atoms with Crippen LogP contribution in [0, 0.1) is 17.3 Å². The fraction of sp³-hybridized carbons (Fsp3) is 0.700. The van der Waals surface area contributed by atoms with E-state index < -0.39 is 5.79 Å². The minimum absolute atomic E-state index is 0.110. The molecular weight excluding hydrogens is 288 g/mol. The minimum atomic E-state index is -0.404. The Bertz CT molecular complexity index is 621. The van der Waals surface area contributed by atoms with E-state index in [0.717, 1.165) is 32.1 Å². The van der Waals surface area contributed by atoms with Crippen LogP contribution in [0.4, 0.5) is 0 Å². The largest absolute Gasteiger partial charge is 0.456 e. The van der Waals surface area contributed by atoms with Gasteiger partial charge < -0.3 is 14.6 Å². The summed E-state index contributed by atoms with van der Waals surface area (Å²) in [6.45, 7) is 2.31. The Labute approximate surface area is 138 Å². The molecule has 4 atom stereocenters. The molecule has 23 heavy (non-hydrogen) atoms. The number of allylic oxidation sites excluding steroid dienone is 3. The second-order valence-corrected chi connectivity index (χ2v) is 8.39. The lowest BCUT2D eigenvalue weighted by atomic mass is 9.58. The lowest BCUT2D eigenvalue weighted by Crippen LogP contribution is -2.42. The fourth-order valence-corrected chi connectivity index (χ4v) is 6.06. The van der Waals surface area contributed by atoms with Gasteiger partial charge in [-0.25, -0.2) is 0 Å². The molecule has 0 amide bonds. The first-order valence-electron chi connectivity index (χ1n) is 9.21. The zero-order valence-corrected chi connectivity index (χ0v) is 13.9. The molecule has 3 heteroatoms. The van der Waals surface area contributed by atoms with E-state index in [1.165, 1.54) is 19.3 Å². The monoisotopic (exact) mass is 314 g/mol. The molecule has 1 aliphatic heterocycles. The molecule has 5 aliphatic rings. The molecule has 0 aromatic heterocycles. The first kappa shape index (κ1) is 14.2. The first-order valence-corrected chi connectivity index (χ1v) is 9.21. The summed E-state index contributed by atoms with van der Waals surface area (Å²) in [5.41, 5.74) is 4.90. The molecule has 0 aromatic carbocycles. The second kappa shape index (κ2) is 4.66. The number of fused-ring (bicyclic) bond motifs is 4. The van der Waals surface area contributed by atoms with Gasteiger partial charge in [-0.15, -0.1) is 0 Å². The van der Waals surface area contributed by atoms with Crippen molar-refractivity contribution in [2.24, 2.45) is 17.3 Å². The molecule has 3 nitrogen and oxygen atoms in total. The fourth-order valence-electron chi connectivity index (χ4n) is 6.06. The van der Waals surface area contributed by atoms with Crippen LogP contribution in [0.25, 0.3) is 0 Å². The summed E-state index contributed by atoms with van der Waals surface area (Å²) >= 11 is 0. The highest BCUT2D eigenvalue weighted by atomic mass is 16.7. The van der Waals surface area contributed by atoms with Crippen molar-refractivity contribution in [1.29, 1.82) is 0 Å². The van der Waals surface area contributed by atoms with E-state index in [9.17, 15) is 5.11 Å². The lowest BCUT2D eigenvalue weighted by Gasteiger charge is -2.48. The van der Waals surface area contributed by atoms with Crippen molar-refractivity contribution in [3.63, 3.8) is 0 Å². The summed E-state index contributed by atoms with van der Waals surface area (Å²) in [6.07, 6.45) is 14.3. The number of hydrogen-bond donors (Lipinski definition) is 1. The van der Waals surface area contributed by atoms with E-state index in [4.69, 9.17) is 9.47 Å². The highest BCUT2D eigenvalue weighted by molar-refractivity contribution is 5.44. The standard InChI is InChI=1S/C20H26O3/c1-19-8-6-15-14-7-9-20(22-10-11-23-20)12-13(14)2-3-16(15)17(19)4-5-18(19)21/h6,10-11,16-18,21H,2-5,7-9,12H2,1H3/t16-,17+,18+,19+/m1/s1. The van der Waals surface area contributed by atoms with Gasteiger partial charge in [-0.1, -0.05) is 18.6 Å². The molecular formula is C20H26O3. The van der Waals surface area contributed by atoms with Gasteiger partial charge in [-0.3, -0.25) is 0 Å². The van der Waals surface area contributed by atoms with Gasteiger partial charge in [0.05, 0.1) is 6.10 Å². The predicted molar refractivity (Wildman–Crippen MR) is 87.2 cm³/mol. The highest BCUT2D eigenvalue weighted by Gasteiger charge is 2.53. The number of aliphatic hydroxyl groups is 1. The SMILES string of the molecule is C[C@]12CC=C3C4=C(CC[C@H]3[C@@H]1CC[C@@H]2O)CC1(CC4)OC=CO1. The van der Waals surface area contributed by atoms with Gasteiger partial charge in [0, 0.05) is 18.3 Å². The Kier molecular flexibility index (Phi) is 2.87. The average molecular weight is 314 g/mol. The summed E-state index contributed by atoms with van der Waals surface area (Å²) in [7, 11) is 0. The Morgan fingerprint density at radius 1 is 1.13 bits per heavy atom. The van der Waals surface area contributed by atoms with Crippen molar-refractivity contribution < 1.29 is 14.6 Å². The van der Waals surface area contributed by atoms with Gasteiger partial charge in [0.15, 0.2) is 0 Å². The molecule has 0 unspecified atom stereocenters. The van der Waals surface area contributed by atoms with Crippen molar-refractivity contribution >= 4 is 0 Å². The van der Waals surface area contributed by atoms with Crippen LogP contribution >= 0.6 is 0 Å². The highest BCUT2D eigenvalue weighted by Crippen LogP contribution is 2.59. The maximum absolute atomic E-state index is 10.5. The van der Waals surface area contributed by atoms with Gasteiger partial charge in [0.1, 0.15) is 12.5 Å². The number of hydrogen-bond acceptors (Lipinski definition) is 3. The third kappa shape index (κ3) is 1.86. The summed E-state index contributed by atoms with van der Waals surface area (Å²) in [4.78, 5) is 0. The predicted octanol–water partition coefficient (Wildman–Crippen LogP) is 4.20. The number of ether oxygens (including phenoxy) is 2. The van der Waals surface area contributed by atoms with Gasteiger partial charge in [-0.2, -0.15) is 0 Å². The van der Waals surface area contributed by atoms with E-state index in [2.05, 4.69) is 13.0 Å². The van der Waals surface area contributed by atoms with Crippen molar-refractivity contribution in [3.8, 4) is 0 Å². The van der Waals surface area contributed by atoms with Crippen LogP contribution in [-0.4, -0.2) is 17.0 Å². The van der Waals surface area contributed by atoms with Crippen LogP contribution in [0.15, 0.2) is 35.3 Å². The lowest BCUT2D eigenvalue weighted by molar-refractivity contribution is -0.149. The summed E-state index contributed by atoms with van der Waals surface area (Å²) in [6, 6.07) is 0. The van der Waals surface area contributed by atoms with E-state index in [0.29, 0.717) is 11.8 Å². The van der Waals surface area contributed by atoms with Crippen molar-refractivity contribution in [2.45, 2.75) is 70.2 Å². The van der Waals surface area contributed by atoms with E-state index in [-0.39, 0.29) is 11.5 Å². The molecule has 1 heterocycles. The zero-order chi connectivity index (χ0) is 15.7. The number of aliphatic hydroxyl groups excluding tert-OH is 1. The maximum Gasteiger partial charge on any atom is 0.253 e. The molecule has 0 radical (unpaired) electrons. The van der Waals surface area contributed by atoms with Gasteiger partial charge in [0.25, 0.3) is 5.79 Å². The third-order valence-corrected chi connectivity index (χ3v) is 7.40. The Hall–Kier alpha value is -1.22. The maximum atomic E-state index is 10.5. The number of rotatable bonds is 0. The summed E-state index contributed by atoms with van der Waals surface area (Å²) in [5.74, 6) is 0.934. The van der Waals surface area contributed by atoms with Crippen LogP contribution in [0.1, 0.15) is 58.3 Å². The third-order valence-electron chi connectivity index (χ3n) is 7.40. The van der Waals surface area contributed by atoms with Crippen LogP contribution in [0.2, 0.25) is 0 Å². The van der Waals surface area contributed by atoms with E-state index in [1.54, 1.807) is 29.2 Å². The van der Waals surface area contributed by atoms with E-state index >= 15 is 0 Å². The molecule has 1 saturated carbocycles. The molecule has 0 aromatic rings. The topological polar surface area (TPSA) is 38.7 Å². The Balaban J connectivity index is 1.48. The minimum Gasteiger partial charge on any atom is -0.456 e. The Morgan fingerprint density at radius 3 is 2.78 bits per heavy atom. The summed E-state index contributed by atoms with van der Waals surface area (Å²) in [5, 5.41) is 10.5. The van der Waals surface area contributed by atoms with Crippen molar-refractivity contribution in [1.82, 2.24) is 0 Å². The summed E-state index contributed by atoms with van der Waals surface area (Å²) < 4.78 is 11.6. The van der Waals surface area contributed by atoms with Crippen molar-refractivity contribution in [2.75, 3.05) is 0 Å². The van der Waals surface area contributed by atoms with E-state index in [1.807, 2.05) is 0 Å². The Morgan fingerprint density at radius 2 is 1.96 bits per heavy atom. The molecule has 5 rings (SSSR count). The average Bonchev–Trinajstić information content (AvgIpc) is 3.12. The van der Waals surface area contributed by atoms with Gasteiger partial charge in [0.2, 0.25) is 0 Å².